The molecule has 1 N–H and O–H groups in total. The summed E-state index contributed by atoms with van der Waals surface area (Å²) in [6.45, 7) is 2.26. The van der Waals surface area contributed by atoms with Crippen molar-refractivity contribution in [3.8, 4) is 0 Å². The summed E-state index contributed by atoms with van der Waals surface area (Å²) in [6, 6.07) is 4.07. The molecule has 2 saturated heterocycles. The maximum atomic E-state index is 13.5. The molecule has 0 spiro atoms. The molecule has 2 aliphatic heterocycles. The zero-order valence-electron chi connectivity index (χ0n) is 13.3. The standard InChI is InChI=1S/C17H22ClFN2O2/c1-20-5-2-3-17(11-22)4-6-21(10-15(17)20)16(23)12-7-13(18)9-14(19)8-12/h7-9,15,22H,2-6,10-11H2,1H3/t15-,17-/m1/s1. The Kier molecular flexibility index (Phi) is 4.63. The second-order valence-electron chi connectivity index (χ2n) is 6.78. The van der Waals surface area contributed by atoms with Crippen LogP contribution >= 0.6 is 11.6 Å². The molecule has 0 saturated carbocycles. The number of rotatable bonds is 2. The molecule has 2 fully saturated rings. The number of aliphatic hydroxyl groups excluding tert-OH is 1. The van der Waals surface area contributed by atoms with Gasteiger partial charge in [0.25, 0.3) is 5.91 Å². The second kappa shape index (κ2) is 6.38. The van der Waals surface area contributed by atoms with Gasteiger partial charge in [0.2, 0.25) is 0 Å². The van der Waals surface area contributed by atoms with Crippen LogP contribution in [0.4, 0.5) is 4.39 Å². The number of benzene rings is 1. The number of hydrogen-bond donors (Lipinski definition) is 1. The van der Waals surface area contributed by atoms with Crippen molar-refractivity contribution in [2.45, 2.75) is 25.3 Å². The van der Waals surface area contributed by atoms with Gasteiger partial charge in [-0.25, -0.2) is 4.39 Å². The zero-order valence-corrected chi connectivity index (χ0v) is 14.0. The van der Waals surface area contributed by atoms with Crippen molar-refractivity contribution in [1.82, 2.24) is 9.80 Å². The lowest BCUT2D eigenvalue weighted by atomic mass is 9.69. The van der Waals surface area contributed by atoms with Crippen LogP contribution in [0.25, 0.3) is 0 Å². The van der Waals surface area contributed by atoms with E-state index in [1.165, 1.54) is 18.2 Å². The van der Waals surface area contributed by atoms with E-state index in [0.717, 1.165) is 25.8 Å². The summed E-state index contributed by atoms with van der Waals surface area (Å²) >= 11 is 5.86. The van der Waals surface area contributed by atoms with Gasteiger partial charge < -0.3 is 14.9 Å². The highest BCUT2D eigenvalue weighted by molar-refractivity contribution is 6.31. The van der Waals surface area contributed by atoms with E-state index in [1.807, 2.05) is 7.05 Å². The summed E-state index contributed by atoms with van der Waals surface area (Å²) in [5.74, 6) is -0.700. The first-order chi connectivity index (χ1) is 10.9. The third kappa shape index (κ3) is 3.10. The first-order valence-electron chi connectivity index (χ1n) is 8.02. The molecular formula is C17H22ClFN2O2. The third-order valence-corrected chi connectivity index (χ3v) is 5.63. The molecule has 23 heavy (non-hydrogen) atoms. The van der Waals surface area contributed by atoms with Gasteiger partial charge in [0.1, 0.15) is 5.82 Å². The SMILES string of the molecule is CN1CCC[C@]2(CO)CCN(C(=O)c3cc(F)cc(Cl)c3)C[C@@H]12. The zero-order chi connectivity index (χ0) is 16.6. The van der Waals surface area contributed by atoms with Crippen LogP contribution in [-0.4, -0.2) is 60.1 Å². The number of likely N-dealkylation sites (N-methyl/N-ethyl adjacent to an activating group) is 1. The van der Waals surface area contributed by atoms with Gasteiger partial charge in [-0.1, -0.05) is 11.6 Å². The van der Waals surface area contributed by atoms with Gasteiger partial charge in [-0.15, -0.1) is 0 Å². The van der Waals surface area contributed by atoms with Crippen LogP contribution in [0.5, 0.6) is 0 Å². The number of fused-ring (bicyclic) bond motifs is 1. The Morgan fingerprint density at radius 3 is 2.87 bits per heavy atom. The second-order valence-corrected chi connectivity index (χ2v) is 7.22. The van der Waals surface area contributed by atoms with Gasteiger partial charge in [0.15, 0.2) is 0 Å². The minimum Gasteiger partial charge on any atom is -0.396 e. The lowest BCUT2D eigenvalue weighted by molar-refractivity contribution is -0.0601. The highest BCUT2D eigenvalue weighted by atomic mass is 35.5. The average molecular weight is 341 g/mol. The van der Waals surface area contributed by atoms with Gasteiger partial charge >= 0.3 is 0 Å². The molecule has 6 heteroatoms. The van der Waals surface area contributed by atoms with E-state index in [-0.39, 0.29) is 34.6 Å². The Morgan fingerprint density at radius 1 is 1.39 bits per heavy atom. The molecule has 1 aromatic rings. The van der Waals surface area contributed by atoms with Gasteiger partial charge in [-0.2, -0.15) is 0 Å². The number of carbonyl (C=O) groups is 1. The molecule has 0 aliphatic carbocycles. The van der Waals surface area contributed by atoms with Crippen LogP contribution in [0.3, 0.4) is 0 Å². The van der Waals surface area contributed by atoms with Crippen LogP contribution in [0.2, 0.25) is 5.02 Å². The van der Waals surface area contributed by atoms with E-state index in [2.05, 4.69) is 4.90 Å². The quantitative estimate of drug-likeness (QED) is 0.899. The number of halogens is 2. The summed E-state index contributed by atoms with van der Waals surface area (Å²) < 4.78 is 13.5. The molecule has 126 valence electrons. The Balaban J connectivity index is 1.81. The molecule has 2 atom stereocenters. The topological polar surface area (TPSA) is 43.8 Å². The van der Waals surface area contributed by atoms with Crippen LogP contribution in [0, 0.1) is 11.2 Å². The van der Waals surface area contributed by atoms with Crippen molar-refractivity contribution in [3.63, 3.8) is 0 Å². The highest BCUT2D eigenvalue weighted by Gasteiger charge is 2.47. The van der Waals surface area contributed by atoms with Gasteiger partial charge in [-0.05, 0) is 51.1 Å². The molecule has 2 heterocycles. The van der Waals surface area contributed by atoms with Crippen molar-refractivity contribution in [2.24, 2.45) is 5.41 Å². The first kappa shape index (κ1) is 16.7. The lowest BCUT2D eigenvalue weighted by Gasteiger charge is -2.53. The Bertz CT molecular complexity index is 592. The molecule has 1 aromatic carbocycles. The van der Waals surface area contributed by atoms with Crippen molar-refractivity contribution in [3.05, 3.63) is 34.6 Å². The predicted octanol–water partition coefficient (Wildman–Crippen LogP) is 2.40. The van der Waals surface area contributed by atoms with E-state index in [1.54, 1.807) is 4.90 Å². The summed E-state index contributed by atoms with van der Waals surface area (Å²) in [7, 11) is 2.04. The summed E-state index contributed by atoms with van der Waals surface area (Å²) in [5, 5.41) is 10.1. The number of amides is 1. The van der Waals surface area contributed by atoms with Gasteiger partial charge in [-0.3, -0.25) is 4.79 Å². The molecular weight excluding hydrogens is 319 g/mol. The van der Waals surface area contributed by atoms with Gasteiger partial charge in [0, 0.05) is 35.1 Å². The normalized spacial score (nSPS) is 28.5. The van der Waals surface area contributed by atoms with E-state index < -0.39 is 5.82 Å². The molecule has 2 aliphatic rings. The van der Waals surface area contributed by atoms with E-state index in [4.69, 9.17) is 11.6 Å². The number of nitrogens with zero attached hydrogens (tertiary/aromatic N) is 2. The molecule has 0 bridgehead atoms. The Labute approximate surface area is 140 Å². The minimum absolute atomic E-state index is 0.122. The minimum atomic E-state index is -0.502. The van der Waals surface area contributed by atoms with Crippen molar-refractivity contribution < 1.29 is 14.3 Å². The van der Waals surface area contributed by atoms with E-state index in [0.29, 0.717) is 13.1 Å². The molecule has 0 aromatic heterocycles. The molecule has 0 unspecified atom stereocenters. The molecule has 0 radical (unpaired) electrons. The third-order valence-electron chi connectivity index (χ3n) is 5.41. The summed E-state index contributed by atoms with van der Waals surface area (Å²) in [5.41, 5.74) is 0.161. The lowest BCUT2D eigenvalue weighted by Crippen LogP contribution is -2.62. The fourth-order valence-electron chi connectivity index (χ4n) is 4.06. The van der Waals surface area contributed by atoms with Crippen LogP contribution in [-0.2, 0) is 0 Å². The van der Waals surface area contributed by atoms with Crippen molar-refractivity contribution in [2.75, 3.05) is 33.3 Å². The maximum Gasteiger partial charge on any atom is 0.254 e. The van der Waals surface area contributed by atoms with Crippen molar-refractivity contribution >= 4 is 17.5 Å². The fraction of sp³-hybridized carbons (Fsp3) is 0.588. The average Bonchev–Trinajstić information content (AvgIpc) is 2.53. The largest absolute Gasteiger partial charge is 0.396 e. The molecule has 4 nitrogen and oxygen atoms in total. The van der Waals surface area contributed by atoms with E-state index in [9.17, 15) is 14.3 Å². The Hall–Kier alpha value is -1.17. The fourth-order valence-corrected chi connectivity index (χ4v) is 4.28. The first-order valence-corrected chi connectivity index (χ1v) is 8.39. The summed E-state index contributed by atoms with van der Waals surface area (Å²) in [6.07, 6.45) is 2.83. The highest BCUT2D eigenvalue weighted by Crippen LogP contribution is 2.41. The van der Waals surface area contributed by atoms with Crippen LogP contribution < -0.4 is 0 Å². The molecule has 1 amide bonds. The summed E-state index contributed by atoms with van der Waals surface area (Å²) in [4.78, 5) is 16.7. The predicted molar refractivity (Wildman–Crippen MR) is 87.1 cm³/mol. The monoisotopic (exact) mass is 340 g/mol. The van der Waals surface area contributed by atoms with Crippen LogP contribution in [0.1, 0.15) is 29.6 Å². The number of hydrogen-bond acceptors (Lipinski definition) is 3. The number of carbonyl (C=O) groups excluding carboxylic acids is 1. The number of piperidine rings is 2. The molecule has 3 rings (SSSR count). The maximum absolute atomic E-state index is 13.5. The van der Waals surface area contributed by atoms with Gasteiger partial charge in [0.05, 0.1) is 6.61 Å². The van der Waals surface area contributed by atoms with Crippen LogP contribution in [0.15, 0.2) is 18.2 Å². The van der Waals surface area contributed by atoms with Crippen molar-refractivity contribution in [1.29, 1.82) is 0 Å². The number of likely N-dealkylation sites (tertiary alicyclic amines) is 2. The smallest absolute Gasteiger partial charge is 0.254 e. The number of aliphatic hydroxyl groups is 1. The Morgan fingerprint density at radius 2 is 2.17 bits per heavy atom. The van der Waals surface area contributed by atoms with E-state index >= 15 is 0 Å².